The van der Waals surface area contributed by atoms with Gasteiger partial charge in [0.1, 0.15) is 0 Å². The zero-order valence-electron chi connectivity index (χ0n) is 13.1. The molecular weight excluding hydrogens is 288 g/mol. The molecular formula is C19H22N2O2. The molecule has 23 heavy (non-hydrogen) atoms. The first-order chi connectivity index (χ1) is 11.3. The minimum Gasteiger partial charge on any atom is -0.395 e. The van der Waals surface area contributed by atoms with Crippen LogP contribution in [0.1, 0.15) is 22.6 Å². The van der Waals surface area contributed by atoms with Gasteiger partial charge in [0, 0.05) is 25.6 Å². The molecule has 4 heteroatoms. The molecule has 0 fully saturated rings. The minimum atomic E-state index is -0.118. The number of hydrogen-bond acceptors (Lipinski definition) is 2. The van der Waals surface area contributed by atoms with Crippen LogP contribution in [0.25, 0.3) is 0 Å². The van der Waals surface area contributed by atoms with Gasteiger partial charge in [-0.3, -0.25) is 0 Å². The molecule has 1 unspecified atom stereocenters. The Labute approximate surface area is 136 Å². The molecule has 2 N–H and O–H groups in total. The van der Waals surface area contributed by atoms with Crippen LogP contribution in [0.5, 0.6) is 0 Å². The van der Waals surface area contributed by atoms with Crippen molar-refractivity contribution in [3.05, 3.63) is 71.3 Å². The first-order valence-corrected chi connectivity index (χ1v) is 8.03. The van der Waals surface area contributed by atoms with E-state index in [0.717, 1.165) is 12.0 Å². The quantitative estimate of drug-likeness (QED) is 0.861. The van der Waals surface area contributed by atoms with Crippen molar-refractivity contribution in [2.45, 2.75) is 18.9 Å². The molecule has 3 rings (SSSR count). The molecule has 0 aromatic heterocycles. The van der Waals surface area contributed by atoms with Gasteiger partial charge in [-0.15, -0.1) is 0 Å². The number of benzene rings is 2. The van der Waals surface area contributed by atoms with Crippen LogP contribution < -0.4 is 5.32 Å². The van der Waals surface area contributed by atoms with Gasteiger partial charge in [-0.25, -0.2) is 4.79 Å². The number of amides is 2. The summed E-state index contributed by atoms with van der Waals surface area (Å²) in [4.78, 5) is 14.1. The standard InChI is InChI=1S/C19H22N2O2/c22-11-10-21(14-15-6-2-1-3-7-15)19(23)20-13-17-12-16-8-4-5-9-18(16)17/h1-9,17,22H,10-14H2,(H,20,23). The summed E-state index contributed by atoms with van der Waals surface area (Å²) in [5.74, 6) is 0.405. The summed E-state index contributed by atoms with van der Waals surface area (Å²) in [7, 11) is 0. The van der Waals surface area contributed by atoms with Crippen LogP contribution in [0.4, 0.5) is 4.79 Å². The molecule has 2 aromatic rings. The van der Waals surface area contributed by atoms with Crippen LogP contribution in [0.2, 0.25) is 0 Å². The van der Waals surface area contributed by atoms with Crippen molar-refractivity contribution in [2.24, 2.45) is 0 Å². The fourth-order valence-electron chi connectivity index (χ4n) is 3.04. The van der Waals surface area contributed by atoms with E-state index in [4.69, 9.17) is 0 Å². The molecule has 4 nitrogen and oxygen atoms in total. The number of aliphatic hydroxyl groups excluding tert-OH is 1. The highest BCUT2D eigenvalue weighted by atomic mass is 16.3. The molecule has 1 aliphatic rings. The van der Waals surface area contributed by atoms with Gasteiger partial charge in [0.15, 0.2) is 0 Å². The highest BCUT2D eigenvalue weighted by molar-refractivity contribution is 5.74. The summed E-state index contributed by atoms with van der Waals surface area (Å²) in [6.07, 6.45) is 1.02. The molecule has 2 aromatic carbocycles. The van der Waals surface area contributed by atoms with Crippen molar-refractivity contribution >= 4 is 6.03 Å². The average Bonchev–Trinajstić information content (AvgIpc) is 2.56. The number of rotatable bonds is 6. The maximum atomic E-state index is 12.4. The monoisotopic (exact) mass is 310 g/mol. The Morgan fingerprint density at radius 2 is 1.87 bits per heavy atom. The summed E-state index contributed by atoms with van der Waals surface area (Å²) < 4.78 is 0. The summed E-state index contributed by atoms with van der Waals surface area (Å²) in [5, 5.41) is 12.2. The van der Waals surface area contributed by atoms with E-state index >= 15 is 0 Å². The number of carbonyl (C=O) groups is 1. The predicted molar refractivity (Wildman–Crippen MR) is 90.2 cm³/mol. The van der Waals surface area contributed by atoms with Crippen LogP contribution in [0, 0.1) is 0 Å². The van der Waals surface area contributed by atoms with Gasteiger partial charge in [0.2, 0.25) is 0 Å². The highest BCUT2D eigenvalue weighted by Crippen LogP contribution is 2.33. The van der Waals surface area contributed by atoms with E-state index in [1.54, 1.807) is 4.90 Å². The summed E-state index contributed by atoms with van der Waals surface area (Å²) in [6.45, 7) is 1.45. The highest BCUT2D eigenvalue weighted by Gasteiger charge is 2.26. The van der Waals surface area contributed by atoms with E-state index in [2.05, 4.69) is 23.5 Å². The van der Waals surface area contributed by atoms with Crippen molar-refractivity contribution in [1.82, 2.24) is 10.2 Å². The summed E-state index contributed by atoms with van der Waals surface area (Å²) >= 11 is 0. The largest absolute Gasteiger partial charge is 0.395 e. The Kier molecular flexibility index (Phi) is 4.93. The second-order valence-corrected chi connectivity index (χ2v) is 5.92. The molecule has 1 atom stereocenters. The normalized spacial score (nSPS) is 15.4. The number of fused-ring (bicyclic) bond motifs is 1. The molecule has 0 heterocycles. The first kappa shape index (κ1) is 15.6. The average molecular weight is 310 g/mol. The smallest absolute Gasteiger partial charge is 0.317 e. The topological polar surface area (TPSA) is 52.6 Å². The van der Waals surface area contributed by atoms with E-state index in [-0.39, 0.29) is 12.6 Å². The molecule has 0 saturated carbocycles. The van der Waals surface area contributed by atoms with Gasteiger partial charge in [0.25, 0.3) is 0 Å². The Morgan fingerprint density at radius 3 is 2.61 bits per heavy atom. The fraction of sp³-hybridized carbons (Fsp3) is 0.316. The zero-order valence-corrected chi connectivity index (χ0v) is 13.1. The van der Waals surface area contributed by atoms with Gasteiger partial charge in [-0.1, -0.05) is 54.6 Å². The lowest BCUT2D eigenvalue weighted by atomic mass is 9.78. The number of hydrogen-bond donors (Lipinski definition) is 2. The van der Waals surface area contributed by atoms with Crippen molar-refractivity contribution in [1.29, 1.82) is 0 Å². The minimum absolute atomic E-state index is 0.0352. The Balaban J connectivity index is 1.55. The Bertz CT molecular complexity index is 657. The van der Waals surface area contributed by atoms with E-state index in [0.29, 0.717) is 25.6 Å². The van der Waals surface area contributed by atoms with Gasteiger partial charge < -0.3 is 15.3 Å². The van der Waals surface area contributed by atoms with E-state index < -0.39 is 0 Å². The molecule has 1 aliphatic carbocycles. The van der Waals surface area contributed by atoms with Crippen LogP contribution in [-0.4, -0.2) is 35.7 Å². The fourth-order valence-corrected chi connectivity index (χ4v) is 3.04. The number of nitrogens with zero attached hydrogens (tertiary/aromatic N) is 1. The number of aliphatic hydroxyl groups is 1. The summed E-state index contributed by atoms with van der Waals surface area (Å²) in [5.41, 5.74) is 3.78. The third kappa shape index (κ3) is 3.71. The molecule has 120 valence electrons. The summed E-state index contributed by atoms with van der Waals surface area (Å²) in [6, 6.07) is 18.1. The van der Waals surface area contributed by atoms with Crippen molar-refractivity contribution < 1.29 is 9.90 Å². The number of carbonyl (C=O) groups excluding carboxylic acids is 1. The lowest BCUT2D eigenvalue weighted by Crippen LogP contribution is -2.43. The Hall–Kier alpha value is -2.33. The SMILES string of the molecule is O=C(NCC1Cc2ccccc21)N(CCO)Cc1ccccc1. The molecule has 0 spiro atoms. The molecule has 0 aliphatic heterocycles. The van der Waals surface area contributed by atoms with Crippen LogP contribution in [0.15, 0.2) is 54.6 Å². The number of nitrogens with one attached hydrogen (secondary N) is 1. The first-order valence-electron chi connectivity index (χ1n) is 8.03. The van der Waals surface area contributed by atoms with Gasteiger partial charge in [-0.2, -0.15) is 0 Å². The van der Waals surface area contributed by atoms with E-state index in [9.17, 15) is 9.90 Å². The maximum Gasteiger partial charge on any atom is 0.317 e. The molecule has 2 amide bonds. The van der Waals surface area contributed by atoms with Crippen molar-refractivity contribution in [3.63, 3.8) is 0 Å². The molecule has 0 radical (unpaired) electrons. The Morgan fingerprint density at radius 1 is 1.13 bits per heavy atom. The number of urea groups is 1. The van der Waals surface area contributed by atoms with E-state index in [1.807, 2.05) is 36.4 Å². The van der Waals surface area contributed by atoms with Crippen LogP contribution in [-0.2, 0) is 13.0 Å². The molecule has 0 bridgehead atoms. The second kappa shape index (κ2) is 7.29. The lowest BCUT2D eigenvalue weighted by Gasteiger charge is -2.31. The van der Waals surface area contributed by atoms with Gasteiger partial charge >= 0.3 is 6.03 Å². The molecule has 0 saturated heterocycles. The lowest BCUT2D eigenvalue weighted by molar-refractivity contribution is 0.173. The van der Waals surface area contributed by atoms with Gasteiger partial charge in [-0.05, 0) is 23.1 Å². The van der Waals surface area contributed by atoms with Crippen LogP contribution in [0.3, 0.4) is 0 Å². The van der Waals surface area contributed by atoms with Crippen LogP contribution >= 0.6 is 0 Å². The zero-order chi connectivity index (χ0) is 16.1. The van der Waals surface area contributed by atoms with E-state index in [1.165, 1.54) is 11.1 Å². The second-order valence-electron chi connectivity index (χ2n) is 5.92. The van der Waals surface area contributed by atoms with Crippen molar-refractivity contribution in [2.75, 3.05) is 19.7 Å². The predicted octanol–water partition coefficient (Wildman–Crippen LogP) is 2.53. The van der Waals surface area contributed by atoms with Gasteiger partial charge in [0.05, 0.1) is 6.61 Å². The maximum absolute atomic E-state index is 12.4. The third-order valence-corrected chi connectivity index (χ3v) is 4.33. The van der Waals surface area contributed by atoms with Crippen molar-refractivity contribution in [3.8, 4) is 0 Å². The third-order valence-electron chi connectivity index (χ3n) is 4.33.